The largest absolute Gasteiger partial charge is 0.345 e. The van der Waals surface area contributed by atoms with Crippen molar-refractivity contribution in [2.75, 3.05) is 6.26 Å². The van der Waals surface area contributed by atoms with Crippen LogP contribution in [0.4, 0.5) is 8.78 Å². The van der Waals surface area contributed by atoms with E-state index in [4.69, 9.17) is 0 Å². The van der Waals surface area contributed by atoms with Crippen LogP contribution >= 0.6 is 0 Å². The molecular weight excluding hydrogens is 324 g/mol. The van der Waals surface area contributed by atoms with Gasteiger partial charge in [-0.15, -0.1) is 0 Å². The van der Waals surface area contributed by atoms with Crippen LogP contribution in [0, 0.1) is 11.6 Å². The second-order valence-electron chi connectivity index (χ2n) is 5.16. The third-order valence-corrected chi connectivity index (χ3v) is 4.46. The number of hydrogen-bond acceptors (Lipinski definition) is 3. The third-order valence-electron chi connectivity index (χ3n) is 3.33. The van der Waals surface area contributed by atoms with Gasteiger partial charge in [0.1, 0.15) is 11.6 Å². The number of hydrogen-bond donors (Lipinski definition) is 1. The van der Waals surface area contributed by atoms with Gasteiger partial charge in [-0.2, -0.15) is 0 Å². The molecule has 0 aliphatic carbocycles. The van der Waals surface area contributed by atoms with Crippen molar-refractivity contribution in [3.8, 4) is 0 Å². The van der Waals surface area contributed by atoms with Crippen molar-refractivity contribution in [3.63, 3.8) is 0 Å². The molecule has 122 valence electrons. The van der Waals surface area contributed by atoms with Crippen molar-refractivity contribution < 1.29 is 22.0 Å². The smallest absolute Gasteiger partial charge is 0.254 e. The average molecular weight is 339 g/mol. The van der Waals surface area contributed by atoms with Crippen LogP contribution in [0.5, 0.6) is 0 Å². The monoisotopic (exact) mass is 339 g/mol. The van der Waals surface area contributed by atoms with E-state index in [-0.39, 0.29) is 10.5 Å². The molecule has 2 rings (SSSR count). The molecule has 23 heavy (non-hydrogen) atoms. The minimum absolute atomic E-state index is 0.171. The van der Waals surface area contributed by atoms with Gasteiger partial charge < -0.3 is 5.32 Å². The second-order valence-corrected chi connectivity index (χ2v) is 7.18. The molecule has 0 heterocycles. The molecule has 0 saturated carbocycles. The van der Waals surface area contributed by atoms with Crippen LogP contribution < -0.4 is 5.32 Å². The zero-order valence-corrected chi connectivity index (χ0v) is 13.3. The maximum Gasteiger partial charge on any atom is 0.254 e. The first-order valence-corrected chi connectivity index (χ1v) is 8.63. The third kappa shape index (κ3) is 4.13. The first-order valence-electron chi connectivity index (χ1n) is 6.74. The van der Waals surface area contributed by atoms with E-state index in [1.807, 2.05) is 0 Å². The Labute approximate surface area is 133 Å². The van der Waals surface area contributed by atoms with E-state index >= 15 is 0 Å². The predicted molar refractivity (Wildman–Crippen MR) is 81.8 cm³/mol. The number of carbonyl (C=O) groups is 1. The lowest BCUT2D eigenvalue weighted by atomic mass is 10.1. The molecule has 0 aliphatic rings. The van der Waals surface area contributed by atoms with Crippen LogP contribution in [0.15, 0.2) is 47.4 Å². The normalized spacial score (nSPS) is 12.7. The fourth-order valence-electron chi connectivity index (χ4n) is 2.04. The summed E-state index contributed by atoms with van der Waals surface area (Å²) in [5, 5.41) is 2.58. The summed E-state index contributed by atoms with van der Waals surface area (Å²) < 4.78 is 49.2. The van der Waals surface area contributed by atoms with Crippen molar-refractivity contribution in [1.82, 2.24) is 5.32 Å². The fraction of sp³-hybridized carbons (Fsp3) is 0.188. The quantitative estimate of drug-likeness (QED) is 0.932. The maximum absolute atomic E-state index is 13.6. The Kier molecular flexibility index (Phi) is 4.79. The van der Waals surface area contributed by atoms with E-state index in [9.17, 15) is 22.0 Å². The number of nitrogens with one attached hydrogen (secondary N) is 1. The fourth-order valence-corrected chi connectivity index (χ4v) is 2.67. The Bertz CT molecular complexity index is 833. The van der Waals surface area contributed by atoms with Gasteiger partial charge in [0.15, 0.2) is 9.84 Å². The van der Waals surface area contributed by atoms with Gasteiger partial charge in [-0.1, -0.05) is 12.1 Å². The van der Waals surface area contributed by atoms with Gasteiger partial charge in [0, 0.05) is 12.3 Å². The number of amides is 1. The highest BCUT2D eigenvalue weighted by atomic mass is 32.2. The topological polar surface area (TPSA) is 63.2 Å². The lowest BCUT2D eigenvalue weighted by Gasteiger charge is -2.15. The number of benzene rings is 2. The summed E-state index contributed by atoms with van der Waals surface area (Å²) in [7, 11) is -3.29. The zero-order chi connectivity index (χ0) is 17.2. The first kappa shape index (κ1) is 17.1. The van der Waals surface area contributed by atoms with Gasteiger partial charge in [0.05, 0.1) is 16.5 Å². The van der Waals surface area contributed by atoms with E-state index in [0.717, 1.165) is 18.4 Å². The van der Waals surface area contributed by atoms with Crippen LogP contribution in [-0.2, 0) is 9.84 Å². The molecule has 1 unspecified atom stereocenters. The molecule has 0 radical (unpaired) electrons. The molecule has 0 aromatic heterocycles. The van der Waals surface area contributed by atoms with Crippen LogP contribution in [0.3, 0.4) is 0 Å². The van der Waals surface area contributed by atoms with E-state index in [2.05, 4.69) is 5.32 Å². The molecular formula is C16H15F2NO3S. The number of halogens is 2. The molecule has 0 spiro atoms. The summed E-state index contributed by atoms with van der Waals surface area (Å²) in [4.78, 5) is 12.2. The van der Waals surface area contributed by atoms with Crippen molar-refractivity contribution >= 4 is 15.7 Å². The summed E-state index contributed by atoms with van der Waals surface area (Å²) >= 11 is 0. The molecule has 0 saturated heterocycles. The molecule has 1 amide bonds. The van der Waals surface area contributed by atoms with Crippen LogP contribution in [-0.4, -0.2) is 20.6 Å². The number of rotatable bonds is 4. The molecule has 0 bridgehead atoms. The van der Waals surface area contributed by atoms with Gasteiger partial charge in [0.2, 0.25) is 0 Å². The lowest BCUT2D eigenvalue weighted by Crippen LogP contribution is -2.27. The SMILES string of the molecule is CC(NC(=O)c1ccc(F)cc1F)c1ccc(S(C)(=O)=O)cc1. The van der Waals surface area contributed by atoms with Crippen molar-refractivity contribution in [2.24, 2.45) is 0 Å². The summed E-state index contributed by atoms with van der Waals surface area (Å²) in [6, 6.07) is 8.26. The number of sulfone groups is 1. The highest BCUT2D eigenvalue weighted by molar-refractivity contribution is 7.90. The van der Waals surface area contributed by atoms with Gasteiger partial charge in [-0.05, 0) is 36.8 Å². The second kappa shape index (κ2) is 6.45. The minimum Gasteiger partial charge on any atom is -0.345 e. The molecule has 0 fully saturated rings. The Morgan fingerprint density at radius 2 is 1.70 bits per heavy atom. The van der Waals surface area contributed by atoms with E-state index < -0.39 is 33.4 Å². The maximum atomic E-state index is 13.6. The van der Waals surface area contributed by atoms with Crippen molar-refractivity contribution in [3.05, 3.63) is 65.2 Å². The number of carbonyl (C=O) groups excluding carboxylic acids is 1. The summed E-state index contributed by atoms with van der Waals surface area (Å²) in [5.74, 6) is -2.38. The zero-order valence-electron chi connectivity index (χ0n) is 12.5. The first-order chi connectivity index (χ1) is 10.7. The highest BCUT2D eigenvalue weighted by Gasteiger charge is 2.16. The average Bonchev–Trinajstić information content (AvgIpc) is 2.46. The van der Waals surface area contributed by atoms with Crippen molar-refractivity contribution in [1.29, 1.82) is 0 Å². The van der Waals surface area contributed by atoms with Crippen LogP contribution in [0.25, 0.3) is 0 Å². The molecule has 4 nitrogen and oxygen atoms in total. The minimum atomic E-state index is -3.29. The van der Waals surface area contributed by atoms with E-state index in [1.54, 1.807) is 19.1 Å². The van der Waals surface area contributed by atoms with Crippen LogP contribution in [0.2, 0.25) is 0 Å². The molecule has 1 atom stereocenters. The molecule has 7 heteroatoms. The van der Waals surface area contributed by atoms with Gasteiger partial charge in [-0.25, -0.2) is 17.2 Å². The summed E-state index contributed by atoms with van der Waals surface area (Å²) in [6.45, 7) is 1.68. The summed E-state index contributed by atoms with van der Waals surface area (Å²) in [5.41, 5.74) is 0.402. The predicted octanol–water partition coefficient (Wildman–Crippen LogP) is 2.86. The Hall–Kier alpha value is -2.28. The Morgan fingerprint density at radius 1 is 1.09 bits per heavy atom. The van der Waals surface area contributed by atoms with E-state index in [1.165, 1.54) is 12.1 Å². The standard InChI is InChI=1S/C16H15F2NO3S/c1-10(11-3-6-13(7-4-11)23(2,21)22)19-16(20)14-8-5-12(17)9-15(14)18/h3-10H,1-2H3,(H,19,20). The van der Waals surface area contributed by atoms with Crippen molar-refractivity contribution in [2.45, 2.75) is 17.9 Å². The van der Waals surface area contributed by atoms with Gasteiger partial charge in [0.25, 0.3) is 5.91 Å². The summed E-state index contributed by atoms with van der Waals surface area (Å²) in [6.07, 6.45) is 1.10. The van der Waals surface area contributed by atoms with Gasteiger partial charge in [-0.3, -0.25) is 4.79 Å². The van der Waals surface area contributed by atoms with Gasteiger partial charge >= 0.3 is 0 Å². The molecule has 2 aromatic carbocycles. The highest BCUT2D eigenvalue weighted by Crippen LogP contribution is 2.17. The van der Waals surface area contributed by atoms with E-state index in [0.29, 0.717) is 11.6 Å². The molecule has 1 N–H and O–H groups in total. The molecule has 0 aliphatic heterocycles. The van der Waals surface area contributed by atoms with Crippen LogP contribution in [0.1, 0.15) is 28.9 Å². The Morgan fingerprint density at radius 3 is 2.22 bits per heavy atom. The Balaban J connectivity index is 2.15. The lowest BCUT2D eigenvalue weighted by molar-refractivity contribution is 0.0935. The molecule has 2 aromatic rings.